The maximum Gasteiger partial charge on any atom is 0.416 e. The topological polar surface area (TPSA) is 38.1 Å². The minimum Gasteiger partial charge on any atom is -0.472 e. The lowest BCUT2D eigenvalue weighted by Crippen LogP contribution is -2.04. The van der Waals surface area contributed by atoms with Gasteiger partial charge in [0.15, 0.2) is 5.13 Å². The van der Waals surface area contributed by atoms with Gasteiger partial charge in [-0.25, -0.2) is 4.98 Å². The number of thiazole rings is 1. The Labute approximate surface area is 116 Å². The molecule has 0 unspecified atom stereocenters. The number of halogens is 3. The number of rotatable bonds is 3. The molecule has 0 aliphatic heterocycles. The highest BCUT2D eigenvalue weighted by Crippen LogP contribution is 2.34. The van der Waals surface area contributed by atoms with Gasteiger partial charge in [-0.2, -0.15) is 13.2 Å². The second kappa shape index (κ2) is 4.82. The van der Waals surface area contributed by atoms with Gasteiger partial charge in [0, 0.05) is 12.1 Å². The van der Waals surface area contributed by atoms with E-state index in [2.05, 4.69) is 10.3 Å². The van der Waals surface area contributed by atoms with Gasteiger partial charge in [-0.15, -0.1) is 0 Å². The van der Waals surface area contributed by atoms with Gasteiger partial charge in [-0.1, -0.05) is 11.3 Å². The molecule has 0 bridgehead atoms. The van der Waals surface area contributed by atoms with Crippen molar-refractivity contribution in [2.45, 2.75) is 12.7 Å². The van der Waals surface area contributed by atoms with Crippen molar-refractivity contribution in [1.82, 2.24) is 4.98 Å². The van der Waals surface area contributed by atoms with Crippen molar-refractivity contribution in [3.05, 3.63) is 47.9 Å². The summed E-state index contributed by atoms with van der Waals surface area (Å²) in [6, 6.07) is 5.39. The Morgan fingerprint density at radius 3 is 2.80 bits per heavy atom. The first-order chi connectivity index (χ1) is 9.52. The van der Waals surface area contributed by atoms with Gasteiger partial charge in [0.2, 0.25) is 0 Å². The largest absolute Gasteiger partial charge is 0.472 e. The summed E-state index contributed by atoms with van der Waals surface area (Å²) >= 11 is 1.32. The Hall–Kier alpha value is -2.02. The van der Waals surface area contributed by atoms with E-state index in [9.17, 15) is 13.2 Å². The summed E-state index contributed by atoms with van der Waals surface area (Å²) in [4.78, 5) is 4.16. The number of alkyl halides is 3. The van der Waals surface area contributed by atoms with Crippen molar-refractivity contribution in [3.63, 3.8) is 0 Å². The summed E-state index contributed by atoms with van der Waals surface area (Å²) in [5.74, 6) is 0. The van der Waals surface area contributed by atoms with Gasteiger partial charge in [0.05, 0.1) is 28.3 Å². The fourth-order valence-corrected chi connectivity index (χ4v) is 2.59. The Kier molecular flexibility index (Phi) is 3.13. The first-order valence-corrected chi connectivity index (χ1v) is 6.57. The molecule has 7 heteroatoms. The molecule has 20 heavy (non-hydrogen) atoms. The fourth-order valence-electron chi connectivity index (χ4n) is 1.75. The number of hydrogen-bond donors (Lipinski definition) is 1. The minimum absolute atomic E-state index is 0.347. The van der Waals surface area contributed by atoms with Gasteiger partial charge in [0.1, 0.15) is 0 Å². The standard InChI is InChI=1S/C13H9F3N2OS/c14-13(15,16)9-1-2-11-10(5-9)18-12(20-11)17-6-8-3-4-19-7-8/h1-5,7H,6H2,(H,17,18). The highest BCUT2D eigenvalue weighted by Gasteiger charge is 2.30. The number of benzene rings is 1. The normalized spacial score (nSPS) is 11.9. The van der Waals surface area contributed by atoms with Crippen LogP contribution in [0.3, 0.4) is 0 Å². The SMILES string of the molecule is FC(F)(F)c1ccc2sc(NCc3ccoc3)nc2c1. The zero-order chi connectivity index (χ0) is 14.2. The van der Waals surface area contributed by atoms with E-state index in [-0.39, 0.29) is 0 Å². The third-order valence-electron chi connectivity index (χ3n) is 2.74. The third kappa shape index (κ3) is 2.62. The Bertz CT molecular complexity index is 719. The van der Waals surface area contributed by atoms with Gasteiger partial charge in [0.25, 0.3) is 0 Å². The third-order valence-corrected chi connectivity index (χ3v) is 3.73. The molecule has 0 aliphatic carbocycles. The number of anilines is 1. The molecule has 2 heterocycles. The van der Waals surface area contributed by atoms with Crippen LogP contribution in [-0.2, 0) is 12.7 Å². The second-order valence-electron chi connectivity index (χ2n) is 4.18. The molecule has 0 aliphatic rings. The number of aromatic nitrogens is 1. The Balaban J connectivity index is 1.83. The highest BCUT2D eigenvalue weighted by molar-refractivity contribution is 7.22. The molecule has 0 fully saturated rings. The van der Waals surface area contributed by atoms with E-state index in [0.29, 0.717) is 21.9 Å². The van der Waals surface area contributed by atoms with Crippen molar-refractivity contribution < 1.29 is 17.6 Å². The van der Waals surface area contributed by atoms with Gasteiger partial charge < -0.3 is 9.73 Å². The molecular formula is C13H9F3N2OS. The molecule has 1 N–H and O–H groups in total. The quantitative estimate of drug-likeness (QED) is 0.772. The molecule has 3 aromatic rings. The average Bonchev–Trinajstić information content (AvgIpc) is 3.03. The molecule has 0 saturated heterocycles. The lowest BCUT2D eigenvalue weighted by atomic mass is 10.2. The number of furan rings is 1. The number of fused-ring (bicyclic) bond motifs is 1. The summed E-state index contributed by atoms with van der Waals surface area (Å²) < 4.78 is 43.5. The smallest absolute Gasteiger partial charge is 0.416 e. The summed E-state index contributed by atoms with van der Waals surface area (Å²) in [7, 11) is 0. The Morgan fingerprint density at radius 1 is 1.25 bits per heavy atom. The molecule has 104 valence electrons. The molecule has 0 radical (unpaired) electrons. The van der Waals surface area contributed by atoms with E-state index < -0.39 is 11.7 Å². The van der Waals surface area contributed by atoms with Gasteiger partial charge >= 0.3 is 6.18 Å². The van der Waals surface area contributed by atoms with Crippen LogP contribution in [0.2, 0.25) is 0 Å². The molecule has 3 rings (SSSR count). The van der Waals surface area contributed by atoms with E-state index in [0.717, 1.165) is 17.7 Å². The van der Waals surface area contributed by atoms with Crippen molar-refractivity contribution in [3.8, 4) is 0 Å². The van der Waals surface area contributed by atoms with E-state index in [1.807, 2.05) is 6.07 Å². The number of nitrogens with zero attached hydrogens (tertiary/aromatic N) is 1. The predicted molar refractivity (Wildman–Crippen MR) is 70.7 cm³/mol. The average molecular weight is 298 g/mol. The summed E-state index contributed by atoms with van der Waals surface area (Å²) in [5, 5.41) is 3.64. The van der Waals surface area contributed by atoms with E-state index in [1.165, 1.54) is 17.4 Å². The molecule has 0 atom stereocenters. The zero-order valence-corrected chi connectivity index (χ0v) is 10.9. The van der Waals surface area contributed by atoms with Gasteiger partial charge in [-0.3, -0.25) is 0 Å². The summed E-state index contributed by atoms with van der Waals surface area (Å²) in [5.41, 5.74) is 0.608. The van der Waals surface area contributed by atoms with Crippen molar-refractivity contribution in [2.75, 3.05) is 5.32 Å². The van der Waals surface area contributed by atoms with Crippen molar-refractivity contribution >= 4 is 26.7 Å². The second-order valence-corrected chi connectivity index (χ2v) is 5.22. The van der Waals surface area contributed by atoms with Crippen LogP contribution in [0.5, 0.6) is 0 Å². The molecule has 0 spiro atoms. The fraction of sp³-hybridized carbons (Fsp3) is 0.154. The van der Waals surface area contributed by atoms with Crippen molar-refractivity contribution in [2.24, 2.45) is 0 Å². The Morgan fingerprint density at radius 2 is 2.10 bits per heavy atom. The van der Waals surface area contributed by atoms with Crippen molar-refractivity contribution in [1.29, 1.82) is 0 Å². The molecule has 3 nitrogen and oxygen atoms in total. The molecule has 0 amide bonds. The lowest BCUT2D eigenvalue weighted by molar-refractivity contribution is -0.137. The van der Waals surface area contributed by atoms with Crippen LogP contribution in [0.4, 0.5) is 18.3 Å². The molecule has 2 aromatic heterocycles. The predicted octanol–water partition coefficient (Wildman–Crippen LogP) is 4.52. The number of hydrogen-bond acceptors (Lipinski definition) is 4. The van der Waals surface area contributed by atoms with Gasteiger partial charge in [-0.05, 0) is 24.3 Å². The van der Waals surface area contributed by atoms with Crippen LogP contribution in [0, 0.1) is 0 Å². The lowest BCUT2D eigenvalue weighted by Gasteiger charge is -2.04. The molecular weight excluding hydrogens is 289 g/mol. The summed E-state index contributed by atoms with van der Waals surface area (Å²) in [6.07, 6.45) is -1.19. The van der Waals surface area contributed by atoms with Crippen LogP contribution in [0.25, 0.3) is 10.2 Å². The van der Waals surface area contributed by atoms with Crippen LogP contribution >= 0.6 is 11.3 Å². The first kappa shape index (κ1) is 13.0. The highest BCUT2D eigenvalue weighted by atomic mass is 32.1. The van der Waals surface area contributed by atoms with Crippen LogP contribution in [0.1, 0.15) is 11.1 Å². The van der Waals surface area contributed by atoms with E-state index in [1.54, 1.807) is 12.5 Å². The molecule has 0 saturated carbocycles. The number of nitrogens with one attached hydrogen (secondary N) is 1. The first-order valence-electron chi connectivity index (χ1n) is 5.75. The van der Waals surface area contributed by atoms with E-state index in [4.69, 9.17) is 4.42 Å². The molecule has 1 aromatic carbocycles. The van der Waals surface area contributed by atoms with Crippen LogP contribution < -0.4 is 5.32 Å². The zero-order valence-electron chi connectivity index (χ0n) is 10.1. The monoisotopic (exact) mass is 298 g/mol. The summed E-state index contributed by atoms with van der Waals surface area (Å²) in [6.45, 7) is 0.516. The maximum absolute atomic E-state index is 12.6. The minimum atomic E-state index is -4.35. The van der Waals surface area contributed by atoms with Crippen LogP contribution in [0.15, 0.2) is 41.2 Å². The van der Waals surface area contributed by atoms with Crippen LogP contribution in [-0.4, -0.2) is 4.98 Å². The maximum atomic E-state index is 12.6. The van der Waals surface area contributed by atoms with E-state index >= 15 is 0 Å².